The van der Waals surface area contributed by atoms with Crippen LogP contribution in [0.15, 0.2) is 29.2 Å². The Balaban J connectivity index is 1.45. The number of hydrogen-bond acceptors (Lipinski definition) is 5. The largest absolute Gasteiger partial charge is 0.342 e. The minimum absolute atomic E-state index is 0.00168. The number of nitrogens with one attached hydrogen (secondary N) is 1. The first-order chi connectivity index (χ1) is 13.8. The highest BCUT2D eigenvalue weighted by Gasteiger charge is 2.24. The van der Waals surface area contributed by atoms with Crippen LogP contribution in [-0.2, 0) is 14.8 Å². The lowest BCUT2D eigenvalue weighted by Gasteiger charge is -2.35. The van der Waals surface area contributed by atoms with Gasteiger partial charge in [0.05, 0.1) is 11.4 Å². The van der Waals surface area contributed by atoms with Crippen molar-refractivity contribution in [3.05, 3.63) is 24.3 Å². The average molecular weight is 424 g/mol. The highest BCUT2D eigenvalue weighted by molar-refractivity contribution is 7.89. The number of carbonyl (C=O) groups excluding carboxylic acids is 2. The Morgan fingerprint density at radius 2 is 1.45 bits per heavy atom. The van der Waals surface area contributed by atoms with E-state index in [1.54, 1.807) is 4.90 Å². The number of anilines is 1. The highest BCUT2D eigenvalue weighted by atomic mass is 32.2. The first-order valence-electron chi connectivity index (χ1n) is 10.0. The molecule has 0 aromatic heterocycles. The van der Waals surface area contributed by atoms with Gasteiger partial charge in [-0.25, -0.2) is 18.4 Å². The van der Waals surface area contributed by atoms with E-state index in [2.05, 4.69) is 10.2 Å². The van der Waals surface area contributed by atoms with Crippen LogP contribution in [0.1, 0.15) is 25.7 Å². The molecule has 0 radical (unpaired) electrons. The van der Waals surface area contributed by atoms with E-state index in [-0.39, 0.29) is 16.8 Å². The standard InChI is InChI=1S/C19H29N5O4S/c20-29(27,28)17-7-5-16(6-8-17)21-19(26)24-13-11-22(12-14-24)15-18(25)23-9-3-1-2-4-10-23/h5-8H,1-4,9-15H2,(H,21,26)(H2,20,27,28). The lowest BCUT2D eigenvalue weighted by Crippen LogP contribution is -2.52. The van der Waals surface area contributed by atoms with E-state index in [1.165, 1.54) is 37.1 Å². The molecule has 2 aliphatic rings. The molecule has 3 amide bonds. The molecule has 0 spiro atoms. The third-order valence-electron chi connectivity index (χ3n) is 5.41. The Morgan fingerprint density at radius 1 is 0.862 bits per heavy atom. The number of hydrogen-bond donors (Lipinski definition) is 2. The number of nitrogens with zero attached hydrogens (tertiary/aromatic N) is 3. The zero-order chi connectivity index (χ0) is 20.9. The lowest BCUT2D eigenvalue weighted by molar-refractivity contribution is -0.132. The van der Waals surface area contributed by atoms with E-state index in [0.29, 0.717) is 38.4 Å². The van der Waals surface area contributed by atoms with Gasteiger partial charge in [-0.3, -0.25) is 9.69 Å². The van der Waals surface area contributed by atoms with Crippen LogP contribution < -0.4 is 10.5 Å². The number of sulfonamides is 1. The molecule has 2 fully saturated rings. The molecule has 0 unspecified atom stereocenters. The van der Waals surface area contributed by atoms with E-state index in [1.807, 2.05) is 4.90 Å². The van der Waals surface area contributed by atoms with Crippen molar-refractivity contribution >= 4 is 27.6 Å². The molecule has 0 bridgehead atoms. The molecule has 0 aliphatic carbocycles. The predicted molar refractivity (Wildman–Crippen MR) is 110 cm³/mol. The van der Waals surface area contributed by atoms with E-state index < -0.39 is 10.0 Å². The van der Waals surface area contributed by atoms with Crippen molar-refractivity contribution in [1.29, 1.82) is 0 Å². The van der Waals surface area contributed by atoms with Crippen molar-refractivity contribution in [3.8, 4) is 0 Å². The van der Waals surface area contributed by atoms with Gasteiger partial charge in [0.15, 0.2) is 0 Å². The fourth-order valence-electron chi connectivity index (χ4n) is 3.65. The van der Waals surface area contributed by atoms with Crippen LogP contribution in [0.2, 0.25) is 0 Å². The summed E-state index contributed by atoms with van der Waals surface area (Å²) in [5.74, 6) is 0.180. The molecule has 1 aromatic rings. The number of benzene rings is 1. The van der Waals surface area contributed by atoms with Crippen molar-refractivity contribution in [3.63, 3.8) is 0 Å². The van der Waals surface area contributed by atoms with Gasteiger partial charge in [-0.1, -0.05) is 12.8 Å². The molecule has 0 atom stereocenters. The van der Waals surface area contributed by atoms with Crippen LogP contribution in [-0.4, -0.2) is 80.9 Å². The Bertz CT molecular complexity index is 812. The maximum atomic E-state index is 12.5. The van der Waals surface area contributed by atoms with Gasteiger partial charge in [-0.15, -0.1) is 0 Å². The normalized spacial score (nSPS) is 18.9. The number of nitrogens with two attached hydrogens (primary N) is 1. The highest BCUT2D eigenvalue weighted by Crippen LogP contribution is 2.14. The molecule has 9 nitrogen and oxygen atoms in total. The van der Waals surface area contributed by atoms with Crippen LogP contribution in [0.5, 0.6) is 0 Å². The Kier molecular flexibility index (Phi) is 7.09. The van der Waals surface area contributed by atoms with Crippen LogP contribution in [0, 0.1) is 0 Å². The minimum atomic E-state index is -3.75. The van der Waals surface area contributed by atoms with Crippen molar-refractivity contribution in [1.82, 2.24) is 14.7 Å². The topological polar surface area (TPSA) is 116 Å². The smallest absolute Gasteiger partial charge is 0.321 e. The summed E-state index contributed by atoms with van der Waals surface area (Å²) in [5.41, 5.74) is 0.501. The third-order valence-corrected chi connectivity index (χ3v) is 6.34. The fraction of sp³-hybridized carbons (Fsp3) is 0.579. The minimum Gasteiger partial charge on any atom is -0.342 e. The Hall–Kier alpha value is -2.17. The van der Waals surface area contributed by atoms with Gasteiger partial charge in [-0.2, -0.15) is 0 Å². The Morgan fingerprint density at radius 3 is 2.00 bits per heavy atom. The number of likely N-dealkylation sites (tertiary alicyclic amines) is 1. The molecule has 10 heteroatoms. The van der Waals surface area contributed by atoms with Gasteiger partial charge in [-0.05, 0) is 37.1 Å². The Labute approximate surface area is 171 Å². The second-order valence-electron chi connectivity index (χ2n) is 7.56. The zero-order valence-electron chi connectivity index (χ0n) is 16.5. The number of primary sulfonamides is 1. The summed E-state index contributed by atoms with van der Waals surface area (Å²) in [4.78, 5) is 30.7. The van der Waals surface area contributed by atoms with Crippen molar-refractivity contribution < 1.29 is 18.0 Å². The third kappa shape index (κ3) is 6.15. The van der Waals surface area contributed by atoms with E-state index >= 15 is 0 Å². The average Bonchev–Trinajstić information content (AvgIpc) is 2.98. The summed E-state index contributed by atoms with van der Waals surface area (Å²) in [6.45, 7) is 4.48. The first-order valence-corrected chi connectivity index (χ1v) is 11.6. The van der Waals surface area contributed by atoms with Crippen LogP contribution in [0.4, 0.5) is 10.5 Å². The molecular formula is C19H29N5O4S. The van der Waals surface area contributed by atoms with Crippen LogP contribution >= 0.6 is 0 Å². The van der Waals surface area contributed by atoms with E-state index in [0.717, 1.165) is 25.9 Å². The molecule has 3 rings (SSSR count). The van der Waals surface area contributed by atoms with Gasteiger partial charge >= 0.3 is 6.03 Å². The number of piperazine rings is 1. The fourth-order valence-corrected chi connectivity index (χ4v) is 4.17. The summed E-state index contributed by atoms with van der Waals surface area (Å²) in [7, 11) is -3.75. The van der Waals surface area contributed by atoms with Crippen LogP contribution in [0.25, 0.3) is 0 Å². The second-order valence-corrected chi connectivity index (χ2v) is 9.12. The summed E-state index contributed by atoms with van der Waals surface area (Å²) in [5, 5.41) is 7.83. The zero-order valence-corrected chi connectivity index (χ0v) is 17.4. The number of rotatable bonds is 4. The maximum absolute atomic E-state index is 12.5. The SMILES string of the molecule is NS(=O)(=O)c1ccc(NC(=O)N2CCN(CC(=O)N3CCCCCC3)CC2)cc1. The molecule has 2 saturated heterocycles. The molecule has 2 aliphatic heterocycles. The summed E-state index contributed by atoms with van der Waals surface area (Å²) in [6, 6.07) is 5.49. The molecule has 2 heterocycles. The number of amides is 3. The molecule has 0 saturated carbocycles. The van der Waals surface area contributed by atoms with Gasteiger partial charge < -0.3 is 15.1 Å². The van der Waals surface area contributed by atoms with Gasteiger partial charge in [0.1, 0.15) is 0 Å². The second kappa shape index (κ2) is 9.55. The molecular weight excluding hydrogens is 394 g/mol. The maximum Gasteiger partial charge on any atom is 0.321 e. The van der Waals surface area contributed by atoms with Gasteiger partial charge in [0, 0.05) is 45.0 Å². The van der Waals surface area contributed by atoms with Crippen molar-refractivity contribution in [2.75, 3.05) is 51.1 Å². The van der Waals surface area contributed by atoms with Gasteiger partial charge in [0.2, 0.25) is 15.9 Å². The molecule has 160 valence electrons. The monoisotopic (exact) mass is 423 g/mol. The van der Waals surface area contributed by atoms with E-state index in [4.69, 9.17) is 5.14 Å². The first kappa shape index (κ1) is 21.5. The van der Waals surface area contributed by atoms with E-state index in [9.17, 15) is 18.0 Å². The predicted octanol–water partition coefficient (Wildman–Crippen LogP) is 0.886. The summed E-state index contributed by atoms with van der Waals surface area (Å²) in [6.07, 6.45) is 4.56. The number of urea groups is 1. The lowest BCUT2D eigenvalue weighted by atomic mass is 10.2. The van der Waals surface area contributed by atoms with Crippen molar-refractivity contribution in [2.24, 2.45) is 5.14 Å². The quantitative estimate of drug-likeness (QED) is 0.746. The summed E-state index contributed by atoms with van der Waals surface area (Å²) < 4.78 is 22.6. The van der Waals surface area contributed by atoms with Crippen molar-refractivity contribution in [2.45, 2.75) is 30.6 Å². The van der Waals surface area contributed by atoms with Gasteiger partial charge in [0.25, 0.3) is 0 Å². The molecule has 3 N–H and O–H groups in total. The van der Waals surface area contributed by atoms with Crippen LogP contribution in [0.3, 0.4) is 0 Å². The summed E-state index contributed by atoms with van der Waals surface area (Å²) >= 11 is 0. The number of carbonyl (C=O) groups is 2. The molecule has 29 heavy (non-hydrogen) atoms. The molecule has 1 aromatic carbocycles.